The monoisotopic (exact) mass is 453 g/mol. The van der Waals surface area contributed by atoms with Gasteiger partial charge in [0, 0.05) is 65.7 Å². The number of amides is 3. The Morgan fingerprint density at radius 2 is 1.62 bits per heavy atom. The summed E-state index contributed by atoms with van der Waals surface area (Å²) in [4.78, 5) is 40.3. The van der Waals surface area contributed by atoms with Crippen molar-refractivity contribution in [2.24, 2.45) is 0 Å². The Morgan fingerprint density at radius 1 is 0.966 bits per heavy atom. The molecule has 0 aliphatic carbocycles. The first kappa shape index (κ1) is 21.6. The molecule has 29 heavy (non-hydrogen) atoms. The number of nitrogens with zero attached hydrogens (tertiary/aromatic N) is 2. The predicted molar refractivity (Wildman–Crippen MR) is 115 cm³/mol. The Bertz CT molecular complexity index is 861. The van der Waals surface area contributed by atoms with Gasteiger partial charge in [0.25, 0.3) is 11.8 Å². The van der Waals surface area contributed by atoms with E-state index in [2.05, 4.69) is 5.32 Å². The van der Waals surface area contributed by atoms with Crippen molar-refractivity contribution in [2.45, 2.75) is 12.8 Å². The van der Waals surface area contributed by atoms with Crippen LogP contribution in [0.5, 0.6) is 0 Å². The van der Waals surface area contributed by atoms with E-state index in [9.17, 15) is 14.4 Å². The van der Waals surface area contributed by atoms with Crippen molar-refractivity contribution in [3.63, 3.8) is 0 Å². The quantitative estimate of drug-likeness (QED) is 0.679. The van der Waals surface area contributed by atoms with Gasteiger partial charge in [-0.25, -0.2) is 0 Å². The highest BCUT2D eigenvalue weighted by Gasteiger charge is 2.25. The van der Waals surface area contributed by atoms with E-state index in [-0.39, 0.29) is 17.7 Å². The Labute approximate surface area is 183 Å². The normalized spacial score (nSPS) is 14.0. The molecule has 1 saturated heterocycles. The zero-order chi connectivity index (χ0) is 20.8. The summed E-state index contributed by atoms with van der Waals surface area (Å²) in [6, 6.07) is 6.54. The molecule has 9 heteroatoms. The number of hydrogen-bond donors (Lipinski definition) is 1. The Morgan fingerprint density at radius 3 is 2.24 bits per heavy atom. The number of benzene rings is 1. The van der Waals surface area contributed by atoms with Gasteiger partial charge < -0.3 is 15.1 Å². The Balaban J connectivity index is 1.40. The minimum Gasteiger partial charge on any atom is -0.352 e. The Hall–Kier alpha value is -2.09. The van der Waals surface area contributed by atoms with E-state index in [1.807, 2.05) is 5.38 Å². The molecule has 3 amide bonds. The molecule has 1 N–H and O–H groups in total. The molecule has 0 atom stereocenters. The molecule has 3 rings (SSSR count). The number of piperazine rings is 1. The smallest absolute Gasteiger partial charge is 0.254 e. The molecule has 2 aromatic rings. The van der Waals surface area contributed by atoms with Gasteiger partial charge in [0.2, 0.25) is 5.91 Å². The van der Waals surface area contributed by atoms with Gasteiger partial charge in [-0.2, -0.15) is 11.3 Å². The van der Waals surface area contributed by atoms with Gasteiger partial charge in [0.1, 0.15) is 0 Å². The fourth-order valence-electron chi connectivity index (χ4n) is 3.11. The topological polar surface area (TPSA) is 69.7 Å². The fourth-order valence-corrected chi connectivity index (χ4v) is 4.28. The van der Waals surface area contributed by atoms with Gasteiger partial charge in [-0.05, 0) is 36.1 Å². The van der Waals surface area contributed by atoms with E-state index in [0.29, 0.717) is 66.7 Å². The van der Waals surface area contributed by atoms with Gasteiger partial charge in [0.05, 0.1) is 0 Å². The fraction of sp³-hybridized carbons (Fsp3) is 0.350. The summed E-state index contributed by atoms with van der Waals surface area (Å²) in [5.74, 6) is -0.225. The molecular formula is C20H21Cl2N3O3S. The second-order valence-electron chi connectivity index (χ2n) is 6.70. The minimum absolute atomic E-state index is 0.0349. The molecule has 1 aliphatic heterocycles. The average Bonchev–Trinajstić information content (AvgIpc) is 3.25. The summed E-state index contributed by atoms with van der Waals surface area (Å²) < 4.78 is 0. The highest BCUT2D eigenvalue weighted by molar-refractivity contribution is 7.08. The maximum Gasteiger partial charge on any atom is 0.254 e. The van der Waals surface area contributed by atoms with Crippen LogP contribution >= 0.6 is 34.5 Å². The number of hydrogen-bond acceptors (Lipinski definition) is 4. The van der Waals surface area contributed by atoms with E-state index in [4.69, 9.17) is 23.2 Å². The first-order chi connectivity index (χ1) is 13.9. The molecule has 1 fully saturated rings. The van der Waals surface area contributed by atoms with Crippen LogP contribution in [0.15, 0.2) is 35.0 Å². The number of carbonyl (C=O) groups is 3. The number of carbonyl (C=O) groups excluding carboxylic acids is 3. The third-order valence-electron chi connectivity index (χ3n) is 4.67. The van der Waals surface area contributed by atoms with Crippen LogP contribution in [0.25, 0.3) is 0 Å². The average molecular weight is 454 g/mol. The molecule has 1 aromatic heterocycles. The Kier molecular flexibility index (Phi) is 7.52. The summed E-state index contributed by atoms with van der Waals surface area (Å²) in [7, 11) is 0. The van der Waals surface area contributed by atoms with Crippen molar-refractivity contribution >= 4 is 52.3 Å². The van der Waals surface area contributed by atoms with Gasteiger partial charge >= 0.3 is 0 Å². The van der Waals surface area contributed by atoms with Crippen molar-refractivity contribution in [1.29, 1.82) is 0 Å². The molecule has 0 bridgehead atoms. The third kappa shape index (κ3) is 5.95. The van der Waals surface area contributed by atoms with Crippen LogP contribution in [0.3, 0.4) is 0 Å². The highest BCUT2D eigenvalue weighted by atomic mass is 35.5. The van der Waals surface area contributed by atoms with E-state index >= 15 is 0 Å². The van der Waals surface area contributed by atoms with Crippen molar-refractivity contribution in [1.82, 2.24) is 15.1 Å². The van der Waals surface area contributed by atoms with Crippen LogP contribution in [0.2, 0.25) is 10.0 Å². The van der Waals surface area contributed by atoms with Gasteiger partial charge in [-0.15, -0.1) is 0 Å². The summed E-state index contributed by atoms with van der Waals surface area (Å²) in [5.41, 5.74) is 1.09. The first-order valence-electron chi connectivity index (χ1n) is 9.27. The van der Waals surface area contributed by atoms with Gasteiger partial charge in [0.15, 0.2) is 0 Å². The SMILES string of the molecule is O=C(NCCCC(=O)N1CCN(C(=O)c2cc(Cl)cc(Cl)c2)CC1)c1ccsc1. The van der Waals surface area contributed by atoms with Gasteiger partial charge in [-0.3, -0.25) is 14.4 Å². The molecule has 0 unspecified atom stereocenters. The second kappa shape index (κ2) is 10.1. The van der Waals surface area contributed by atoms with Crippen molar-refractivity contribution in [3.05, 3.63) is 56.2 Å². The van der Waals surface area contributed by atoms with Crippen LogP contribution in [0, 0.1) is 0 Å². The maximum absolute atomic E-state index is 12.6. The number of rotatable bonds is 6. The van der Waals surface area contributed by atoms with Gasteiger partial charge in [-0.1, -0.05) is 23.2 Å². The number of halogens is 2. The molecular weight excluding hydrogens is 433 g/mol. The molecule has 2 heterocycles. The molecule has 0 saturated carbocycles. The largest absolute Gasteiger partial charge is 0.352 e. The van der Waals surface area contributed by atoms with E-state index in [1.165, 1.54) is 11.3 Å². The lowest BCUT2D eigenvalue weighted by atomic mass is 10.1. The van der Waals surface area contributed by atoms with Crippen molar-refractivity contribution in [3.8, 4) is 0 Å². The van der Waals surface area contributed by atoms with Crippen LogP contribution < -0.4 is 5.32 Å². The molecule has 154 valence electrons. The molecule has 1 aliphatic rings. The second-order valence-corrected chi connectivity index (χ2v) is 8.36. The summed E-state index contributed by atoms with van der Waals surface area (Å²) in [6.45, 7) is 2.35. The lowest BCUT2D eigenvalue weighted by Crippen LogP contribution is -2.50. The molecule has 0 radical (unpaired) electrons. The van der Waals surface area contributed by atoms with E-state index < -0.39 is 0 Å². The summed E-state index contributed by atoms with van der Waals surface area (Å²) in [5, 5.41) is 7.29. The van der Waals surface area contributed by atoms with Crippen molar-refractivity contribution in [2.75, 3.05) is 32.7 Å². The van der Waals surface area contributed by atoms with Crippen LogP contribution in [0.1, 0.15) is 33.6 Å². The van der Waals surface area contributed by atoms with E-state index in [1.54, 1.807) is 39.4 Å². The molecule has 1 aromatic carbocycles. The van der Waals surface area contributed by atoms with Crippen LogP contribution in [-0.4, -0.2) is 60.2 Å². The van der Waals surface area contributed by atoms with Crippen molar-refractivity contribution < 1.29 is 14.4 Å². The van der Waals surface area contributed by atoms with E-state index in [0.717, 1.165) is 0 Å². The van der Waals surface area contributed by atoms with Crippen LogP contribution in [0.4, 0.5) is 0 Å². The first-order valence-corrected chi connectivity index (χ1v) is 11.0. The minimum atomic E-state index is -0.141. The third-order valence-corrected chi connectivity index (χ3v) is 5.79. The number of nitrogens with one attached hydrogen (secondary N) is 1. The zero-order valence-corrected chi connectivity index (χ0v) is 18.0. The summed E-state index contributed by atoms with van der Waals surface area (Å²) in [6.07, 6.45) is 0.941. The number of thiophene rings is 1. The predicted octanol–water partition coefficient (Wildman–Crippen LogP) is 3.55. The summed E-state index contributed by atoms with van der Waals surface area (Å²) >= 11 is 13.4. The standard InChI is InChI=1S/C20H21Cl2N3O3S/c21-16-10-15(11-17(22)12-16)20(28)25-7-5-24(6-8-25)18(26)2-1-4-23-19(27)14-3-9-29-13-14/h3,9-13H,1-2,4-8H2,(H,23,27). The van der Waals surface area contributed by atoms with Crippen LogP contribution in [-0.2, 0) is 4.79 Å². The highest BCUT2D eigenvalue weighted by Crippen LogP contribution is 2.21. The zero-order valence-electron chi connectivity index (χ0n) is 15.7. The lowest BCUT2D eigenvalue weighted by molar-refractivity contribution is -0.132. The maximum atomic E-state index is 12.6. The molecule has 6 nitrogen and oxygen atoms in total. The lowest BCUT2D eigenvalue weighted by Gasteiger charge is -2.35. The molecule has 0 spiro atoms.